The van der Waals surface area contributed by atoms with Gasteiger partial charge in [0.05, 0.1) is 28.1 Å². The number of nitrogens with zero attached hydrogens (tertiary/aromatic N) is 1. The van der Waals surface area contributed by atoms with Crippen LogP contribution in [0.2, 0.25) is 10.0 Å². The summed E-state index contributed by atoms with van der Waals surface area (Å²) < 4.78 is 0. The molecule has 5 atom stereocenters. The summed E-state index contributed by atoms with van der Waals surface area (Å²) in [6.45, 7) is 1.51. The zero-order valence-corrected chi connectivity index (χ0v) is 15.8. The number of fused-ring (bicyclic) bond motifs is 1. The van der Waals surface area contributed by atoms with E-state index in [0.717, 1.165) is 5.56 Å². The molecule has 1 aromatic rings. The van der Waals surface area contributed by atoms with E-state index in [2.05, 4.69) is 6.07 Å². The van der Waals surface area contributed by atoms with Crippen molar-refractivity contribution in [2.24, 2.45) is 34.3 Å². The monoisotopic (exact) mass is 394 g/mol. The second-order valence-corrected chi connectivity index (χ2v) is 8.03. The maximum Gasteiger partial charge on any atom is 0.310 e. The fraction of sp³-hybridized carbons (Fsp3) is 0.526. The number of carboxylic acid groups (broad SMARTS) is 1. The van der Waals surface area contributed by atoms with Gasteiger partial charge in [0.15, 0.2) is 5.78 Å². The molecular weight excluding hydrogens is 375 g/mol. The van der Waals surface area contributed by atoms with Gasteiger partial charge in [0.2, 0.25) is 0 Å². The molecule has 138 valence electrons. The number of carboxylic acids is 1. The van der Waals surface area contributed by atoms with Crippen LogP contribution < -0.4 is 5.73 Å². The SMILES string of the molecule is CCC1(C(=O)O)C2CC(Cc3cccc(Cl)c3Cl)C(C#N)(C(=O)CN)C21. The van der Waals surface area contributed by atoms with Crippen LogP contribution in [0.3, 0.4) is 0 Å². The summed E-state index contributed by atoms with van der Waals surface area (Å²) in [5, 5.41) is 20.6. The van der Waals surface area contributed by atoms with Gasteiger partial charge in [0.25, 0.3) is 0 Å². The van der Waals surface area contributed by atoms with Crippen LogP contribution in [0.5, 0.6) is 0 Å². The maximum absolute atomic E-state index is 12.8. The second kappa shape index (κ2) is 6.53. The zero-order valence-electron chi connectivity index (χ0n) is 14.3. The Balaban J connectivity index is 2.03. The highest BCUT2D eigenvalue weighted by Gasteiger charge is 2.82. The number of hydrogen-bond donors (Lipinski definition) is 2. The van der Waals surface area contributed by atoms with Crippen LogP contribution in [0.15, 0.2) is 18.2 Å². The Labute approximate surface area is 162 Å². The summed E-state index contributed by atoms with van der Waals surface area (Å²) in [5.41, 5.74) is 3.98. The first kappa shape index (κ1) is 19.2. The third kappa shape index (κ3) is 2.32. The van der Waals surface area contributed by atoms with Gasteiger partial charge in [-0.15, -0.1) is 0 Å². The molecule has 7 heteroatoms. The molecule has 5 unspecified atom stereocenters. The Morgan fingerprint density at radius 3 is 2.65 bits per heavy atom. The average Bonchev–Trinajstić information content (AvgIpc) is 3.16. The van der Waals surface area contributed by atoms with Crippen LogP contribution in [0, 0.1) is 39.9 Å². The standard InChI is InChI=1S/C19H20Cl2N2O3/c1-2-18(17(25)26)12-7-11(6-10-4-3-5-13(20)15(10)21)19(9-23,16(12)18)14(24)8-22/h3-5,11-12,16H,2,6-8,22H2,1H3,(H,25,26). The molecule has 3 N–H and O–H groups in total. The highest BCUT2D eigenvalue weighted by molar-refractivity contribution is 6.42. The molecule has 0 amide bonds. The molecular formula is C19H20Cl2N2O3. The molecule has 1 aromatic carbocycles. The topological polar surface area (TPSA) is 104 Å². The number of halogens is 2. The molecule has 0 heterocycles. The van der Waals surface area contributed by atoms with E-state index >= 15 is 0 Å². The lowest BCUT2D eigenvalue weighted by molar-refractivity contribution is -0.146. The highest BCUT2D eigenvalue weighted by Crippen LogP contribution is 2.77. The van der Waals surface area contributed by atoms with Crippen LogP contribution in [0.4, 0.5) is 0 Å². The Morgan fingerprint density at radius 2 is 2.12 bits per heavy atom. The van der Waals surface area contributed by atoms with Crippen molar-refractivity contribution >= 4 is 35.0 Å². The minimum Gasteiger partial charge on any atom is -0.481 e. The van der Waals surface area contributed by atoms with Crippen LogP contribution in [0.1, 0.15) is 25.3 Å². The molecule has 2 fully saturated rings. The number of aliphatic carboxylic acids is 1. The van der Waals surface area contributed by atoms with E-state index in [-0.39, 0.29) is 24.2 Å². The lowest BCUT2D eigenvalue weighted by atomic mass is 9.65. The van der Waals surface area contributed by atoms with Crippen molar-refractivity contribution in [3.05, 3.63) is 33.8 Å². The smallest absolute Gasteiger partial charge is 0.310 e. The Hall–Kier alpha value is -1.61. The van der Waals surface area contributed by atoms with Crippen molar-refractivity contribution in [1.82, 2.24) is 0 Å². The Morgan fingerprint density at radius 1 is 1.42 bits per heavy atom. The van der Waals surface area contributed by atoms with Crippen molar-refractivity contribution in [2.45, 2.75) is 26.2 Å². The van der Waals surface area contributed by atoms with Gasteiger partial charge < -0.3 is 10.8 Å². The van der Waals surface area contributed by atoms with Crippen LogP contribution in [0.25, 0.3) is 0 Å². The first-order valence-corrected chi connectivity index (χ1v) is 9.37. The first-order valence-electron chi connectivity index (χ1n) is 8.62. The number of nitrogens with two attached hydrogens (primary N) is 1. The van der Waals surface area contributed by atoms with Gasteiger partial charge in [0, 0.05) is 5.92 Å². The summed E-state index contributed by atoms with van der Waals surface area (Å²) in [5.74, 6) is -2.33. The molecule has 3 rings (SSSR count). The minimum atomic E-state index is -1.39. The maximum atomic E-state index is 12.8. The lowest BCUT2D eigenvalue weighted by Gasteiger charge is -2.34. The molecule has 0 aliphatic heterocycles. The molecule has 0 bridgehead atoms. The number of carbonyl (C=O) groups excluding carboxylic acids is 1. The van der Waals surface area contributed by atoms with Crippen molar-refractivity contribution < 1.29 is 14.7 Å². The van der Waals surface area contributed by atoms with Crippen LogP contribution in [-0.4, -0.2) is 23.4 Å². The van der Waals surface area contributed by atoms with E-state index in [1.54, 1.807) is 19.1 Å². The largest absolute Gasteiger partial charge is 0.481 e. The second-order valence-electron chi connectivity index (χ2n) is 7.24. The third-order valence-corrected chi connectivity index (χ3v) is 7.35. The zero-order chi connectivity index (χ0) is 19.3. The minimum absolute atomic E-state index is 0.192. The fourth-order valence-corrected chi connectivity index (χ4v) is 5.67. The van der Waals surface area contributed by atoms with Crippen LogP contribution >= 0.6 is 23.2 Å². The predicted octanol–water partition coefficient (Wildman–Crippen LogP) is 3.32. The van der Waals surface area contributed by atoms with Crippen molar-refractivity contribution in [2.75, 3.05) is 6.54 Å². The fourth-order valence-electron chi connectivity index (χ4n) is 5.27. The number of Topliss-reactive ketones (excluding diaryl/α,β-unsaturated/α-hetero) is 1. The Bertz CT molecular complexity index is 821. The van der Waals surface area contributed by atoms with Gasteiger partial charge >= 0.3 is 5.97 Å². The third-order valence-electron chi connectivity index (χ3n) is 6.50. The van der Waals surface area contributed by atoms with E-state index < -0.39 is 22.7 Å². The molecule has 0 radical (unpaired) electrons. The number of ketones is 1. The van der Waals surface area contributed by atoms with Crippen LogP contribution in [-0.2, 0) is 16.0 Å². The van der Waals surface area contributed by atoms with Gasteiger partial charge in [-0.25, -0.2) is 0 Å². The van der Waals surface area contributed by atoms with Gasteiger partial charge in [-0.05, 0) is 42.7 Å². The van der Waals surface area contributed by atoms with Crippen molar-refractivity contribution in [3.8, 4) is 6.07 Å². The summed E-state index contributed by atoms with van der Waals surface area (Å²) in [6, 6.07) is 7.46. The van der Waals surface area contributed by atoms with Gasteiger partial charge in [-0.1, -0.05) is 42.3 Å². The number of rotatable bonds is 6. The normalized spacial score (nSPS) is 34.8. The molecule has 2 aliphatic carbocycles. The molecule has 5 nitrogen and oxygen atoms in total. The molecule has 26 heavy (non-hydrogen) atoms. The van der Waals surface area contributed by atoms with E-state index in [0.29, 0.717) is 29.3 Å². The quantitative estimate of drug-likeness (QED) is 0.769. The predicted molar refractivity (Wildman–Crippen MR) is 97.7 cm³/mol. The molecule has 2 aliphatic rings. The van der Waals surface area contributed by atoms with Gasteiger partial charge in [-0.2, -0.15) is 5.26 Å². The average molecular weight is 395 g/mol. The molecule has 0 saturated heterocycles. The number of benzene rings is 1. The molecule has 0 spiro atoms. The number of carbonyl (C=O) groups is 2. The molecule has 2 saturated carbocycles. The van der Waals surface area contributed by atoms with E-state index in [4.69, 9.17) is 28.9 Å². The Kier molecular flexibility index (Phi) is 4.81. The summed E-state index contributed by atoms with van der Waals surface area (Å²) in [4.78, 5) is 24.7. The lowest BCUT2D eigenvalue weighted by Crippen LogP contribution is -2.45. The van der Waals surface area contributed by atoms with Crippen molar-refractivity contribution in [3.63, 3.8) is 0 Å². The number of nitriles is 1. The first-order chi connectivity index (χ1) is 12.3. The molecule has 0 aromatic heterocycles. The summed E-state index contributed by atoms with van der Waals surface area (Å²) >= 11 is 12.4. The summed E-state index contributed by atoms with van der Waals surface area (Å²) in [7, 11) is 0. The van der Waals surface area contributed by atoms with E-state index in [1.807, 2.05) is 6.07 Å². The van der Waals surface area contributed by atoms with E-state index in [9.17, 15) is 20.0 Å². The number of hydrogen-bond acceptors (Lipinski definition) is 4. The van der Waals surface area contributed by atoms with Gasteiger partial charge in [0.1, 0.15) is 5.41 Å². The summed E-state index contributed by atoms with van der Waals surface area (Å²) in [6.07, 6.45) is 1.28. The van der Waals surface area contributed by atoms with Crippen molar-refractivity contribution in [1.29, 1.82) is 5.26 Å². The highest BCUT2D eigenvalue weighted by atomic mass is 35.5. The van der Waals surface area contributed by atoms with E-state index in [1.165, 1.54) is 0 Å². The van der Waals surface area contributed by atoms with Gasteiger partial charge in [-0.3, -0.25) is 9.59 Å².